The topological polar surface area (TPSA) is 77.9 Å². The third-order valence-corrected chi connectivity index (χ3v) is 3.78. The van der Waals surface area contributed by atoms with Gasteiger partial charge in [-0.2, -0.15) is 10.2 Å². The predicted octanol–water partition coefficient (Wildman–Crippen LogP) is 2.44. The zero-order valence-corrected chi connectivity index (χ0v) is 13.6. The van der Waals surface area contributed by atoms with Gasteiger partial charge >= 0.3 is 0 Å². The van der Waals surface area contributed by atoms with Crippen molar-refractivity contribution in [2.75, 3.05) is 5.32 Å². The number of rotatable bonds is 4. The zero-order chi connectivity index (χ0) is 16.6. The van der Waals surface area contributed by atoms with E-state index in [1.165, 1.54) is 0 Å². The summed E-state index contributed by atoms with van der Waals surface area (Å²) in [6.45, 7) is 6.32. The van der Waals surface area contributed by atoms with Crippen LogP contribution in [-0.4, -0.2) is 25.5 Å². The van der Waals surface area contributed by atoms with Gasteiger partial charge in [0.15, 0.2) is 5.76 Å². The summed E-state index contributed by atoms with van der Waals surface area (Å²) in [6.07, 6.45) is 1.62. The third kappa shape index (κ3) is 3.03. The second-order valence-corrected chi connectivity index (χ2v) is 5.57. The molecule has 0 bridgehead atoms. The molecule has 0 aliphatic carbocycles. The van der Waals surface area contributed by atoms with Crippen molar-refractivity contribution < 1.29 is 9.21 Å². The second kappa shape index (κ2) is 5.75. The number of aromatic nitrogens is 4. The lowest BCUT2D eigenvalue weighted by molar-refractivity contribution is 0.0994. The van der Waals surface area contributed by atoms with Crippen molar-refractivity contribution in [3.05, 3.63) is 53.0 Å². The van der Waals surface area contributed by atoms with E-state index in [0.29, 0.717) is 18.0 Å². The highest BCUT2D eigenvalue weighted by Gasteiger charge is 2.15. The van der Waals surface area contributed by atoms with Crippen molar-refractivity contribution in [3.63, 3.8) is 0 Å². The van der Waals surface area contributed by atoms with E-state index >= 15 is 0 Å². The molecule has 0 unspecified atom stereocenters. The molecule has 120 valence electrons. The number of anilines is 1. The maximum absolute atomic E-state index is 12.2. The standard InChI is InChI=1S/C16H19N5O2/c1-10-7-11(2)21(19-10)9-13-5-6-15(23-13)16(22)18-14-8-17-20(4)12(14)3/h5-8H,9H2,1-4H3,(H,18,22). The van der Waals surface area contributed by atoms with Gasteiger partial charge in [0, 0.05) is 12.7 Å². The molecule has 7 heteroatoms. The van der Waals surface area contributed by atoms with Gasteiger partial charge in [-0.05, 0) is 39.0 Å². The van der Waals surface area contributed by atoms with Crippen LogP contribution in [-0.2, 0) is 13.6 Å². The van der Waals surface area contributed by atoms with Crippen molar-refractivity contribution in [3.8, 4) is 0 Å². The highest BCUT2D eigenvalue weighted by Crippen LogP contribution is 2.16. The number of aryl methyl sites for hydroxylation is 3. The summed E-state index contributed by atoms with van der Waals surface area (Å²) >= 11 is 0. The number of nitrogens with zero attached hydrogens (tertiary/aromatic N) is 4. The summed E-state index contributed by atoms with van der Waals surface area (Å²) in [5, 5.41) is 11.3. The van der Waals surface area contributed by atoms with E-state index in [1.807, 2.05) is 38.6 Å². The number of hydrogen-bond acceptors (Lipinski definition) is 4. The molecule has 0 spiro atoms. The largest absolute Gasteiger partial charge is 0.454 e. The van der Waals surface area contributed by atoms with E-state index < -0.39 is 0 Å². The molecule has 0 aromatic carbocycles. The lowest BCUT2D eigenvalue weighted by Gasteiger charge is -2.03. The van der Waals surface area contributed by atoms with E-state index in [4.69, 9.17) is 4.42 Å². The van der Waals surface area contributed by atoms with E-state index in [0.717, 1.165) is 17.1 Å². The molecule has 0 radical (unpaired) electrons. The minimum atomic E-state index is -0.291. The Morgan fingerprint density at radius 3 is 2.70 bits per heavy atom. The first kappa shape index (κ1) is 15.1. The molecular weight excluding hydrogens is 294 g/mol. The fourth-order valence-electron chi connectivity index (χ4n) is 2.37. The Balaban J connectivity index is 1.72. The molecule has 7 nitrogen and oxygen atoms in total. The summed E-state index contributed by atoms with van der Waals surface area (Å²) in [6, 6.07) is 5.46. The monoisotopic (exact) mass is 313 g/mol. The minimum absolute atomic E-state index is 0.268. The van der Waals surface area contributed by atoms with E-state index in [-0.39, 0.29) is 11.7 Å². The lowest BCUT2D eigenvalue weighted by atomic mass is 10.3. The Morgan fingerprint density at radius 1 is 1.30 bits per heavy atom. The van der Waals surface area contributed by atoms with E-state index in [1.54, 1.807) is 23.0 Å². The fraction of sp³-hybridized carbons (Fsp3) is 0.312. The first-order valence-electron chi connectivity index (χ1n) is 7.34. The smallest absolute Gasteiger partial charge is 0.291 e. The van der Waals surface area contributed by atoms with E-state index in [9.17, 15) is 4.79 Å². The number of carbonyl (C=O) groups is 1. The van der Waals surface area contributed by atoms with Crippen LogP contribution in [0, 0.1) is 20.8 Å². The van der Waals surface area contributed by atoms with Gasteiger partial charge in [0.1, 0.15) is 5.76 Å². The third-order valence-electron chi connectivity index (χ3n) is 3.78. The Labute approximate surface area is 133 Å². The number of carbonyl (C=O) groups excluding carboxylic acids is 1. The minimum Gasteiger partial charge on any atom is -0.454 e. The molecule has 3 aromatic heterocycles. The maximum Gasteiger partial charge on any atom is 0.291 e. The molecule has 0 aliphatic heterocycles. The molecule has 0 fully saturated rings. The zero-order valence-electron chi connectivity index (χ0n) is 13.6. The highest BCUT2D eigenvalue weighted by molar-refractivity contribution is 6.02. The van der Waals surface area contributed by atoms with E-state index in [2.05, 4.69) is 15.5 Å². The number of hydrogen-bond donors (Lipinski definition) is 1. The van der Waals surface area contributed by atoms with Crippen molar-refractivity contribution in [1.82, 2.24) is 19.6 Å². The molecule has 0 saturated carbocycles. The molecule has 1 amide bonds. The highest BCUT2D eigenvalue weighted by atomic mass is 16.4. The molecule has 3 rings (SSSR count). The summed E-state index contributed by atoms with van der Waals surface area (Å²) in [4.78, 5) is 12.2. The Hall–Kier alpha value is -2.83. The Morgan fingerprint density at radius 2 is 2.09 bits per heavy atom. The van der Waals surface area contributed by atoms with Crippen LogP contribution in [0.2, 0.25) is 0 Å². The van der Waals surface area contributed by atoms with Crippen LogP contribution in [0.3, 0.4) is 0 Å². The predicted molar refractivity (Wildman–Crippen MR) is 85.4 cm³/mol. The molecule has 3 heterocycles. The molecule has 0 atom stereocenters. The number of furan rings is 1. The number of nitrogens with one attached hydrogen (secondary N) is 1. The molecule has 23 heavy (non-hydrogen) atoms. The van der Waals surface area contributed by atoms with Crippen molar-refractivity contribution in [2.24, 2.45) is 7.05 Å². The maximum atomic E-state index is 12.2. The first-order valence-corrected chi connectivity index (χ1v) is 7.34. The first-order chi connectivity index (χ1) is 10.9. The lowest BCUT2D eigenvalue weighted by Crippen LogP contribution is -2.11. The van der Waals surface area contributed by atoms with Crippen molar-refractivity contribution in [1.29, 1.82) is 0 Å². The second-order valence-electron chi connectivity index (χ2n) is 5.57. The number of amides is 1. The van der Waals surface area contributed by atoms with Gasteiger partial charge in [-0.1, -0.05) is 0 Å². The fourth-order valence-corrected chi connectivity index (χ4v) is 2.37. The normalized spacial score (nSPS) is 11.0. The summed E-state index contributed by atoms with van der Waals surface area (Å²) in [5.41, 5.74) is 3.57. The van der Waals surface area contributed by atoms with Gasteiger partial charge in [0.2, 0.25) is 0 Å². The van der Waals surface area contributed by atoms with Crippen LogP contribution in [0.5, 0.6) is 0 Å². The van der Waals surface area contributed by atoms with Crippen LogP contribution < -0.4 is 5.32 Å². The van der Waals surface area contributed by atoms with Crippen LogP contribution in [0.15, 0.2) is 28.8 Å². The summed E-state index contributed by atoms with van der Waals surface area (Å²) < 4.78 is 9.18. The van der Waals surface area contributed by atoms with Gasteiger partial charge in [-0.3, -0.25) is 14.2 Å². The SMILES string of the molecule is Cc1cc(C)n(Cc2ccc(C(=O)Nc3cnn(C)c3C)o2)n1. The van der Waals surface area contributed by atoms with Gasteiger partial charge in [-0.15, -0.1) is 0 Å². The molecular formula is C16H19N5O2. The van der Waals surface area contributed by atoms with Crippen LogP contribution in [0.1, 0.15) is 33.4 Å². The van der Waals surface area contributed by atoms with Crippen LogP contribution in [0.25, 0.3) is 0 Å². The Kier molecular flexibility index (Phi) is 3.77. The molecule has 0 aliphatic rings. The average Bonchev–Trinajstić information content (AvgIpc) is 3.16. The molecule has 1 N–H and O–H groups in total. The summed E-state index contributed by atoms with van der Waals surface area (Å²) in [7, 11) is 1.82. The van der Waals surface area contributed by atoms with Gasteiger partial charge in [-0.25, -0.2) is 0 Å². The summed E-state index contributed by atoms with van der Waals surface area (Å²) in [5.74, 6) is 0.662. The van der Waals surface area contributed by atoms with Gasteiger partial charge in [0.25, 0.3) is 5.91 Å². The van der Waals surface area contributed by atoms with Crippen LogP contribution in [0.4, 0.5) is 5.69 Å². The average molecular weight is 313 g/mol. The molecule has 0 saturated heterocycles. The van der Waals surface area contributed by atoms with Gasteiger partial charge in [0.05, 0.1) is 29.8 Å². The van der Waals surface area contributed by atoms with Gasteiger partial charge < -0.3 is 9.73 Å². The Bertz CT molecular complexity index is 856. The van der Waals surface area contributed by atoms with Crippen LogP contribution >= 0.6 is 0 Å². The molecule has 3 aromatic rings. The quantitative estimate of drug-likeness (QED) is 0.802. The van der Waals surface area contributed by atoms with Crippen molar-refractivity contribution >= 4 is 11.6 Å². The van der Waals surface area contributed by atoms with Crippen molar-refractivity contribution in [2.45, 2.75) is 27.3 Å².